The highest BCUT2D eigenvalue weighted by Crippen LogP contribution is 2.61. The van der Waals surface area contributed by atoms with Crippen LogP contribution >= 0.6 is 0 Å². The maximum atomic E-state index is 10.4. The van der Waals surface area contributed by atoms with Gasteiger partial charge in [0.05, 0.1) is 18.3 Å². The first-order valence-corrected chi connectivity index (χ1v) is 8.11. The van der Waals surface area contributed by atoms with E-state index in [1.807, 2.05) is 0 Å². The average Bonchev–Trinajstić information content (AvgIpc) is 2.83. The predicted octanol–water partition coefficient (Wildman–Crippen LogP) is 2.28. The van der Waals surface area contributed by atoms with Gasteiger partial charge in [-0.1, -0.05) is 5.16 Å². The molecule has 0 spiro atoms. The summed E-state index contributed by atoms with van der Waals surface area (Å²) in [6, 6.07) is 0. The quantitative estimate of drug-likeness (QED) is 0.825. The van der Waals surface area contributed by atoms with Crippen molar-refractivity contribution in [3.8, 4) is 0 Å². The van der Waals surface area contributed by atoms with Crippen LogP contribution in [0.5, 0.6) is 0 Å². The second-order valence-corrected chi connectivity index (χ2v) is 7.71. The topological polar surface area (TPSA) is 58.3 Å². The van der Waals surface area contributed by atoms with Gasteiger partial charge >= 0.3 is 0 Å². The molecule has 1 unspecified atom stereocenters. The summed E-state index contributed by atoms with van der Waals surface area (Å²) in [6.45, 7) is 1.35. The van der Waals surface area contributed by atoms with Gasteiger partial charge in [0.15, 0.2) is 5.76 Å². The van der Waals surface area contributed by atoms with Crippen LogP contribution in [0, 0.1) is 17.8 Å². The Bertz CT molecular complexity index is 515. The van der Waals surface area contributed by atoms with E-state index in [4.69, 9.17) is 4.52 Å². The summed E-state index contributed by atoms with van der Waals surface area (Å²) >= 11 is 0. The second-order valence-electron chi connectivity index (χ2n) is 7.71. The SMILES string of the molecule is OC1CNCc2onc(C34CC5CC(CC(C5)C3)C4)c21. The van der Waals surface area contributed by atoms with Crippen molar-refractivity contribution in [2.24, 2.45) is 17.8 Å². The lowest BCUT2D eigenvalue weighted by atomic mass is 9.48. The van der Waals surface area contributed by atoms with Crippen molar-refractivity contribution in [2.75, 3.05) is 6.54 Å². The Balaban J connectivity index is 1.62. The van der Waals surface area contributed by atoms with Crippen LogP contribution in [0.3, 0.4) is 0 Å². The number of β-amino-alcohol motifs (C(OH)–C–C–N with tert-alkyl or cyclic N) is 1. The van der Waals surface area contributed by atoms with Gasteiger partial charge in [-0.25, -0.2) is 0 Å². The fourth-order valence-corrected chi connectivity index (χ4v) is 6.01. The van der Waals surface area contributed by atoms with Crippen molar-refractivity contribution >= 4 is 0 Å². The number of rotatable bonds is 1. The molecular weight excluding hydrogens is 252 g/mol. The van der Waals surface area contributed by atoms with Crippen LogP contribution in [0.2, 0.25) is 0 Å². The van der Waals surface area contributed by atoms with Crippen LogP contribution in [0.1, 0.15) is 61.6 Å². The highest BCUT2D eigenvalue weighted by Gasteiger charge is 2.54. The number of hydrogen-bond donors (Lipinski definition) is 2. The number of nitrogens with zero attached hydrogens (tertiary/aromatic N) is 1. The fourth-order valence-electron chi connectivity index (χ4n) is 6.01. The molecule has 4 fully saturated rings. The Morgan fingerprint density at radius 2 is 1.75 bits per heavy atom. The molecule has 5 aliphatic rings. The average molecular weight is 274 g/mol. The highest BCUT2D eigenvalue weighted by molar-refractivity contribution is 5.35. The molecule has 0 amide bonds. The first kappa shape index (κ1) is 11.8. The number of nitrogens with one attached hydrogen (secondary N) is 1. The minimum Gasteiger partial charge on any atom is -0.387 e. The number of aliphatic hydroxyl groups excluding tert-OH is 1. The summed E-state index contributed by atoms with van der Waals surface area (Å²) in [5.41, 5.74) is 2.38. The number of fused-ring (bicyclic) bond motifs is 1. The van der Waals surface area contributed by atoms with E-state index in [9.17, 15) is 5.11 Å². The normalized spacial score (nSPS) is 45.6. The van der Waals surface area contributed by atoms with Crippen molar-refractivity contribution in [1.82, 2.24) is 10.5 Å². The molecule has 0 saturated heterocycles. The van der Waals surface area contributed by atoms with E-state index in [1.165, 1.54) is 38.5 Å². The van der Waals surface area contributed by atoms with E-state index in [0.29, 0.717) is 13.1 Å². The summed E-state index contributed by atoms with van der Waals surface area (Å²) in [5.74, 6) is 3.56. The molecule has 1 aromatic rings. The standard InChI is InChI=1S/C16H22N2O2/c19-12-7-17-8-13-14(12)15(18-20-13)16-4-9-1-10(5-16)3-11(2-9)6-16/h9-12,17,19H,1-8H2. The molecule has 4 aliphatic carbocycles. The molecule has 2 heterocycles. The van der Waals surface area contributed by atoms with Crippen molar-refractivity contribution in [1.29, 1.82) is 0 Å². The number of aliphatic hydroxyl groups is 1. The minimum atomic E-state index is -0.437. The Kier molecular flexibility index (Phi) is 2.27. The van der Waals surface area contributed by atoms with E-state index in [1.54, 1.807) is 0 Å². The molecule has 4 nitrogen and oxygen atoms in total. The molecule has 4 saturated carbocycles. The summed E-state index contributed by atoms with van der Waals surface area (Å²) in [5, 5.41) is 18.0. The summed E-state index contributed by atoms with van der Waals surface area (Å²) in [6.07, 6.45) is 7.69. The fraction of sp³-hybridized carbons (Fsp3) is 0.812. The van der Waals surface area contributed by atoms with E-state index < -0.39 is 6.10 Å². The van der Waals surface area contributed by atoms with Crippen molar-refractivity contribution in [2.45, 2.75) is 56.6 Å². The predicted molar refractivity (Wildman–Crippen MR) is 73.0 cm³/mol. The Morgan fingerprint density at radius 3 is 2.40 bits per heavy atom. The molecule has 1 atom stereocenters. The van der Waals surface area contributed by atoms with E-state index in [-0.39, 0.29) is 5.41 Å². The van der Waals surface area contributed by atoms with Gasteiger partial charge in [-0.3, -0.25) is 0 Å². The van der Waals surface area contributed by atoms with E-state index in [0.717, 1.165) is 34.8 Å². The van der Waals surface area contributed by atoms with Crippen molar-refractivity contribution in [3.63, 3.8) is 0 Å². The largest absolute Gasteiger partial charge is 0.387 e. The van der Waals surface area contributed by atoms with Crippen LogP contribution in [-0.2, 0) is 12.0 Å². The Hall–Kier alpha value is -0.870. The molecule has 0 aromatic carbocycles. The van der Waals surface area contributed by atoms with Crippen LogP contribution in [-0.4, -0.2) is 16.8 Å². The van der Waals surface area contributed by atoms with Gasteiger partial charge in [-0.2, -0.15) is 0 Å². The lowest BCUT2D eigenvalue weighted by molar-refractivity contribution is -0.00972. The third kappa shape index (κ3) is 1.47. The first-order chi connectivity index (χ1) is 9.73. The van der Waals surface area contributed by atoms with Gasteiger partial charge in [-0.15, -0.1) is 0 Å². The molecule has 0 radical (unpaired) electrons. The summed E-state index contributed by atoms with van der Waals surface area (Å²) in [7, 11) is 0. The van der Waals surface area contributed by atoms with Gasteiger partial charge in [0.2, 0.25) is 0 Å². The van der Waals surface area contributed by atoms with Gasteiger partial charge in [0.25, 0.3) is 0 Å². The molecule has 20 heavy (non-hydrogen) atoms. The third-order valence-corrected chi connectivity index (χ3v) is 6.30. The molecule has 4 heteroatoms. The Labute approximate surface area is 118 Å². The monoisotopic (exact) mass is 274 g/mol. The van der Waals surface area contributed by atoms with Crippen LogP contribution in [0.4, 0.5) is 0 Å². The zero-order valence-corrected chi connectivity index (χ0v) is 11.8. The van der Waals surface area contributed by atoms with Crippen LogP contribution in [0.25, 0.3) is 0 Å². The Morgan fingerprint density at radius 1 is 1.10 bits per heavy atom. The highest BCUT2D eigenvalue weighted by atomic mass is 16.5. The third-order valence-electron chi connectivity index (χ3n) is 6.30. The summed E-state index contributed by atoms with van der Waals surface area (Å²) < 4.78 is 5.57. The van der Waals surface area contributed by atoms with E-state index >= 15 is 0 Å². The zero-order chi connectivity index (χ0) is 13.3. The molecule has 4 bridgehead atoms. The molecule has 108 valence electrons. The molecule has 1 aliphatic heterocycles. The lowest BCUT2D eigenvalue weighted by Crippen LogP contribution is -2.49. The maximum Gasteiger partial charge on any atom is 0.156 e. The first-order valence-electron chi connectivity index (χ1n) is 8.11. The van der Waals surface area contributed by atoms with Gasteiger partial charge in [0.1, 0.15) is 0 Å². The van der Waals surface area contributed by atoms with E-state index in [2.05, 4.69) is 10.5 Å². The van der Waals surface area contributed by atoms with Crippen LogP contribution in [0.15, 0.2) is 4.52 Å². The minimum absolute atomic E-state index is 0.226. The second kappa shape index (κ2) is 3.86. The summed E-state index contributed by atoms with van der Waals surface area (Å²) in [4.78, 5) is 0. The zero-order valence-electron chi connectivity index (χ0n) is 11.8. The molecular formula is C16H22N2O2. The van der Waals surface area contributed by atoms with Crippen molar-refractivity contribution in [3.05, 3.63) is 17.0 Å². The smallest absolute Gasteiger partial charge is 0.156 e. The number of hydrogen-bond acceptors (Lipinski definition) is 4. The van der Waals surface area contributed by atoms with Crippen molar-refractivity contribution < 1.29 is 9.63 Å². The van der Waals surface area contributed by atoms with Gasteiger partial charge < -0.3 is 14.9 Å². The van der Waals surface area contributed by atoms with Gasteiger partial charge in [0, 0.05) is 17.5 Å². The lowest BCUT2D eigenvalue weighted by Gasteiger charge is -2.56. The van der Waals surface area contributed by atoms with Crippen LogP contribution < -0.4 is 5.32 Å². The molecule has 2 N–H and O–H groups in total. The molecule has 1 aromatic heterocycles. The van der Waals surface area contributed by atoms with Gasteiger partial charge in [-0.05, 0) is 56.3 Å². The maximum absolute atomic E-state index is 10.4. The number of aromatic nitrogens is 1. The molecule has 6 rings (SSSR count).